The highest BCUT2D eigenvalue weighted by molar-refractivity contribution is 7.80. The maximum Gasteiger partial charge on any atom is 0.170 e. The highest BCUT2D eigenvalue weighted by Crippen LogP contribution is 2.22. The van der Waals surface area contributed by atoms with Gasteiger partial charge in [0.15, 0.2) is 5.11 Å². The summed E-state index contributed by atoms with van der Waals surface area (Å²) in [4.78, 5) is 2.36. The Morgan fingerprint density at radius 3 is 2.45 bits per heavy atom. The number of ether oxygens (including phenoxy) is 1. The number of rotatable bonds is 8. The summed E-state index contributed by atoms with van der Waals surface area (Å²) >= 11 is 5.50. The Morgan fingerprint density at radius 2 is 1.79 bits per heavy atom. The van der Waals surface area contributed by atoms with Crippen LogP contribution in [0.2, 0.25) is 0 Å². The maximum atomic E-state index is 13.4. The van der Waals surface area contributed by atoms with Gasteiger partial charge in [-0.3, -0.25) is 4.90 Å². The summed E-state index contributed by atoms with van der Waals surface area (Å²) in [6.45, 7) is 5.98. The van der Waals surface area contributed by atoms with Crippen molar-refractivity contribution in [1.29, 1.82) is 0 Å². The van der Waals surface area contributed by atoms with Crippen molar-refractivity contribution in [2.75, 3.05) is 38.2 Å². The van der Waals surface area contributed by atoms with Crippen molar-refractivity contribution in [1.82, 2.24) is 10.2 Å². The largest absolute Gasteiger partial charge is 0.379 e. The lowest BCUT2D eigenvalue weighted by Crippen LogP contribution is -2.44. The smallest absolute Gasteiger partial charge is 0.170 e. The molecule has 0 unspecified atom stereocenters. The molecule has 156 valence electrons. The minimum absolute atomic E-state index is 0.107. The van der Waals surface area contributed by atoms with Gasteiger partial charge < -0.3 is 15.4 Å². The molecule has 0 aliphatic carbocycles. The first kappa shape index (κ1) is 21.7. The number of benzene rings is 2. The molecule has 1 aliphatic rings. The summed E-state index contributed by atoms with van der Waals surface area (Å²) in [7, 11) is 0. The van der Waals surface area contributed by atoms with Crippen molar-refractivity contribution in [2.24, 2.45) is 0 Å². The van der Waals surface area contributed by atoms with Crippen molar-refractivity contribution in [3.63, 3.8) is 0 Å². The summed E-state index contributed by atoms with van der Waals surface area (Å²) in [6, 6.07) is 15.3. The molecule has 0 amide bonds. The normalized spacial score (nSPS) is 15.7. The topological polar surface area (TPSA) is 36.5 Å². The number of nitrogens with one attached hydrogen (secondary N) is 2. The second-order valence-electron chi connectivity index (χ2n) is 7.35. The second kappa shape index (κ2) is 11.2. The zero-order chi connectivity index (χ0) is 20.5. The molecule has 0 radical (unpaired) electrons. The van der Waals surface area contributed by atoms with Gasteiger partial charge in [0.1, 0.15) is 5.82 Å². The molecule has 0 saturated carbocycles. The average molecular weight is 416 g/mol. The van der Waals surface area contributed by atoms with E-state index in [1.54, 1.807) is 0 Å². The number of nitrogens with zero attached hydrogens (tertiary/aromatic N) is 1. The third-order valence-corrected chi connectivity index (χ3v) is 5.47. The number of anilines is 1. The predicted octanol–water partition coefficient (Wildman–Crippen LogP) is 4.53. The second-order valence-corrected chi connectivity index (χ2v) is 7.76. The first-order valence-corrected chi connectivity index (χ1v) is 10.8. The molecule has 1 saturated heterocycles. The van der Waals surface area contributed by atoms with Gasteiger partial charge in [-0.2, -0.15) is 0 Å². The van der Waals surface area contributed by atoms with Gasteiger partial charge >= 0.3 is 0 Å². The van der Waals surface area contributed by atoms with Gasteiger partial charge in [-0.1, -0.05) is 37.6 Å². The molecule has 2 N–H and O–H groups in total. The van der Waals surface area contributed by atoms with E-state index in [4.69, 9.17) is 17.0 Å². The van der Waals surface area contributed by atoms with E-state index in [0.29, 0.717) is 24.9 Å². The van der Waals surface area contributed by atoms with E-state index < -0.39 is 0 Å². The Labute approximate surface area is 178 Å². The Kier molecular flexibility index (Phi) is 8.40. The van der Waals surface area contributed by atoms with Crippen molar-refractivity contribution in [3.8, 4) is 0 Å². The molecule has 0 aromatic heterocycles. The molecule has 1 aliphatic heterocycles. The molecular weight excluding hydrogens is 385 g/mol. The lowest BCUT2D eigenvalue weighted by atomic mass is 10.0. The van der Waals surface area contributed by atoms with Crippen LogP contribution in [0.25, 0.3) is 0 Å². The first-order valence-electron chi connectivity index (χ1n) is 10.4. The summed E-state index contributed by atoms with van der Waals surface area (Å²) < 4.78 is 18.8. The third-order valence-electron chi connectivity index (χ3n) is 5.23. The Morgan fingerprint density at radius 1 is 1.10 bits per heavy atom. The van der Waals surface area contributed by atoms with Crippen LogP contribution < -0.4 is 10.6 Å². The zero-order valence-electron chi connectivity index (χ0n) is 17.0. The summed E-state index contributed by atoms with van der Waals surface area (Å²) in [5.41, 5.74) is 3.40. The fourth-order valence-electron chi connectivity index (χ4n) is 3.53. The van der Waals surface area contributed by atoms with Gasteiger partial charge in [0.25, 0.3) is 0 Å². The van der Waals surface area contributed by atoms with E-state index in [0.717, 1.165) is 30.8 Å². The average Bonchev–Trinajstić information content (AvgIpc) is 2.75. The van der Waals surface area contributed by atoms with E-state index in [1.807, 2.05) is 12.1 Å². The van der Waals surface area contributed by atoms with Gasteiger partial charge in [0.2, 0.25) is 0 Å². The van der Waals surface area contributed by atoms with Crippen LogP contribution in [0.3, 0.4) is 0 Å². The van der Waals surface area contributed by atoms with E-state index in [2.05, 4.69) is 46.7 Å². The summed E-state index contributed by atoms with van der Waals surface area (Å²) in [5, 5.41) is 7.19. The van der Waals surface area contributed by atoms with Crippen molar-refractivity contribution in [3.05, 3.63) is 65.5 Å². The molecule has 1 atom stereocenters. The number of hydrogen-bond acceptors (Lipinski definition) is 3. The number of halogens is 1. The molecule has 29 heavy (non-hydrogen) atoms. The fourth-order valence-corrected chi connectivity index (χ4v) is 3.73. The minimum atomic E-state index is -0.220. The number of hydrogen-bond donors (Lipinski definition) is 2. The number of thiocarbonyl (C=S) groups is 1. The number of aryl methyl sites for hydroxylation is 1. The highest BCUT2D eigenvalue weighted by Gasteiger charge is 2.22. The van der Waals surface area contributed by atoms with E-state index in [-0.39, 0.29) is 11.9 Å². The Hall–Kier alpha value is -2.02. The van der Waals surface area contributed by atoms with Gasteiger partial charge in [0.05, 0.1) is 19.3 Å². The maximum absolute atomic E-state index is 13.4. The summed E-state index contributed by atoms with van der Waals surface area (Å²) in [5.74, 6) is -0.220. The third kappa shape index (κ3) is 6.77. The lowest BCUT2D eigenvalue weighted by Gasteiger charge is -2.35. The van der Waals surface area contributed by atoms with E-state index in [9.17, 15) is 4.39 Å². The molecule has 0 bridgehead atoms. The van der Waals surface area contributed by atoms with Crippen LogP contribution in [0.4, 0.5) is 10.1 Å². The molecule has 1 fully saturated rings. The van der Waals surface area contributed by atoms with Gasteiger partial charge in [-0.25, -0.2) is 4.39 Å². The molecule has 0 spiro atoms. The molecular formula is C23H30FN3OS. The molecule has 2 aromatic rings. The highest BCUT2D eigenvalue weighted by atomic mass is 32.1. The van der Waals surface area contributed by atoms with E-state index >= 15 is 0 Å². The van der Waals surface area contributed by atoms with Crippen LogP contribution in [0, 0.1) is 5.82 Å². The van der Waals surface area contributed by atoms with Gasteiger partial charge in [-0.15, -0.1) is 0 Å². The SMILES string of the molecule is CCCCc1ccc(NC(=S)NC[C@@H](c2ccc(F)cc2)N2CCOCC2)cc1. The Bertz CT molecular complexity index is 761. The standard InChI is InChI=1S/C23H30FN3OS/c1-2-3-4-18-5-11-21(12-6-18)26-23(29)25-17-22(27-13-15-28-16-14-27)19-7-9-20(24)10-8-19/h5-12,22H,2-4,13-17H2,1H3,(H2,25,26,29)/t22-/m0/s1. The zero-order valence-corrected chi connectivity index (χ0v) is 17.8. The van der Waals surface area contributed by atoms with Crippen molar-refractivity contribution >= 4 is 23.0 Å². The number of unbranched alkanes of at least 4 members (excludes halogenated alkanes) is 1. The van der Waals surface area contributed by atoms with Crippen LogP contribution >= 0.6 is 12.2 Å². The van der Waals surface area contributed by atoms with Crippen LogP contribution in [-0.2, 0) is 11.2 Å². The van der Waals surface area contributed by atoms with E-state index in [1.165, 1.54) is 30.5 Å². The van der Waals surface area contributed by atoms with Crippen molar-refractivity contribution in [2.45, 2.75) is 32.2 Å². The van der Waals surface area contributed by atoms with Gasteiger partial charge in [-0.05, 0) is 60.5 Å². The summed E-state index contributed by atoms with van der Waals surface area (Å²) in [6.07, 6.45) is 3.52. The molecule has 1 heterocycles. The fraction of sp³-hybridized carbons (Fsp3) is 0.435. The van der Waals surface area contributed by atoms with Crippen LogP contribution in [0.1, 0.15) is 36.9 Å². The minimum Gasteiger partial charge on any atom is -0.379 e. The quantitative estimate of drug-likeness (QED) is 0.620. The van der Waals surface area contributed by atoms with Crippen molar-refractivity contribution < 1.29 is 9.13 Å². The first-order chi connectivity index (χ1) is 14.2. The Balaban J connectivity index is 1.58. The van der Waals surface area contributed by atoms with Crippen LogP contribution in [-0.4, -0.2) is 42.9 Å². The van der Waals surface area contributed by atoms with Crippen LogP contribution in [0.5, 0.6) is 0 Å². The predicted molar refractivity (Wildman–Crippen MR) is 121 cm³/mol. The molecule has 2 aromatic carbocycles. The lowest BCUT2D eigenvalue weighted by molar-refractivity contribution is 0.0170. The molecule has 6 heteroatoms. The molecule has 3 rings (SSSR count). The van der Waals surface area contributed by atoms with Gasteiger partial charge in [0, 0.05) is 25.3 Å². The monoisotopic (exact) mass is 415 g/mol. The van der Waals surface area contributed by atoms with Crippen LogP contribution in [0.15, 0.2) is 48.5 Å². The number of morpholine rings is 1. The molecule has 4 nitrogen and oxygen atoms in total.